The molecule has 128 valence electrons. The third-order valence-corrected chi connectivity index (χ3v) is 5.04. The van der Waals surface area contributed by atoms with E-state index in [1.807, 2.05) is 0 Å². The standard InChI is InChI=1S/C14H22N4O4S/c1-10(16-9-13(19)15-2)14(20)17-11-6-5-7-12(8-11)23(21,22)18(3)4/h5-8,10,16H,9H2,1-4H3,(H,15,19)(H,17,20)/p+1/t10-/m0/s1. The zero-order valence-electron chi connectivity index (χ0n) is 13.7. The Kier molecular flexibility index (Phi) is 6.67. The van der Waals surface area contributed by atoms with Crippen LogP contribution in [-0.2, 0) is 19.6 Å². The summed E-state index contributed by atoms with van der Waals surface area (Å²) in [5.41, 5.74) is 0.387. The van der Waals surface area contributed by atoms with Crippen LogP contribution in [0.5, 0.6) is 0 Å². The summed E-state index contributed by atoms with van der Waals surface area (Å²) in [7, 11) is 0.848. The van der Waals surface area contributed by atoms with Crippen LogP contribution in [0.2, 0.25) is 0 Å². The fourth-order valence-corrected chi connectivity index (χ4v) is 2.64. The predicted octanol–water partition coefficient (Wildman–Crippen LogP) is -1.43. The summed E-state index contributed by atoms with van der Waals surface area (Å²) in [6.07, 6.45) is 0. The van der Waals surface area contributed by atoms with Crippen molar-refractivity contribution in [3.8, 4) is 0 Å². The van der Waals surface area contributed by atoms with Gasteiger partial charge in [0.25, 0.3) is 11.8 Å². The molecule has 0 bridgehead atoms. The highest BCUT2D eigenvalue weighted by Crippen LogP contribution is 2.17. The van der Waals surface area contributed by atoms with E-state index in [4.69, 9.17) is 0 Å². The Bertz CT molecular complexity index is 673. The Labute approximate surface area is 136 Å². The van der Waals surface area contributed by atoms with Gasteiger partial charge in [-0.2, -0.15) is 0 Å². The van der Waals surface area contributed by atoms with E-state index in [9.17, 15) is 18.0 Å². The smallest absolute Gasteiger partial charge is 0.282 e. The summed E-state index contributed by atoms with van der Waals surface area (Å²) in [5, 5.41) is 6.71. The minimum Gasteiger partial charge on any atom is -0.354 e. The van der Waals surface area contributed by atoms with Crippen molar-refractivity contribution in [2.24, 2.45) is 0 Å². The van der Waals surface area contributed by atoms with Crippen LogP contribution in [-0.4, -0.2) is 58.3 Å². The van der Waals surface area contributed by atoms with Crippen molar-refractivity contribution in [1.82, 2.24) is 9.62 Å². The second-order valence-corrected chi connectivity index (χ2v) is 7.36. The third-order valence-electron chi connectivity index (χ3n) is 3.23. The number of benzene rings is 1. The molecule has 0 radical (unpaired) electrons. The zero-order chi connectivity index (χ0) is 17.6. The SMILES string of the molecule is CNC(=O)C[NH2+][C@@H](C)C(=O)Nc1cccc(S(=O)(=O)N(C)C)c1. The Balaban J connectivity index is 2.78. The lowest BCUT2D eigenvalue weighted by atomic mass is 10.2. The number of amides is 2. The van der Waals surface area contributed by atoms with E-state index in [1.54, 1.807) is 24.4 Å². The van der Waals surface area contributed by atoms with Crippen molar-refractivity contribution in [3.63, 3.8) is 0 Å². The molecule has 8 nitrogen and oxygen atoms in total. The van der Waals surface area contributed by atoms with Crippen LogP contribution < -0.4 is 16.0 Å². The molecule has 4 N–H and O–H groups in total. The van der Waals surface area contributed by atoms with Gasteiger partial charge in [0.15, 0.2) is 12.6 Å². The first-order chi connectivity index (χ1) is 10.7. The molecular weight excluding hydrogens is 320 g/mol. The molecule has 1 atom stereocenters. The lowest BCUT2D eigenvalue weighted by Gasteiger charge is -2.14. The molecular formula is C14H23N4O4S+. The lowest BCUT2D eigenvalue weighted by molar-refractivity contribution is -0.662. The second-order valence-electron chi connectivity index (χ2n) is 5.21. The molecule has 0 aliphatic carbocycles. The number of quaternary nitrogens is 1. The minimum atomic E-state index is -3.56. The van der Waals surface area contributed by atoms with Crippen molar-refractivity contribution < 1.29 is 23.3 Å². The second kappa shape index (κ2) is 8.04. The van der Waals surface area contributed by atoms with Crippen molar-refractivity contribution in [2.45, 2.75) is 17.9 Å². The van der Waals surface area contributed by atoms with Crippen LogP contribution in [0.4, 0.5) is 5.69 Å². The Morgan fingerprint density at radius 1 is 1.30 bits per heavy atom. The van der Waals surface area contributed by atoms with Crippen LogP contribution in [0, 0.1) is 0 Å². The molecule has 1 aromatic rings. The van der Waals surface area contributed by atoms with Gasteiger partial charge in [-0.15, -0.1) is 0 Å². The number of likely N-dealkylation sites (N-methyl/N-ethyl adjacent to an activating group) is 1. The van der Waals surface area contributed by atoms with Gasteiger partial charge in [0, 0.05) is 26.8 Å². The molecule has 0 aliphatic heterocycles. The first kappa shape index (κ1) is 19.1. The molecule has 2 amide bonds. The van der Waals surface area contributed by atoms with Crippen LogP contribution in [0.1, 0.15) is 6.92 Å². The topological polar surface area (TPSA) is 112 Å². The first-order valence-electron chi connectivity index (χ1n) is 7.06. The molecule has 0 fully saturated rings. The van der Waals surface area contributed by atoms with Crippen LogP contribution in [0.15, 0.2) is 29.2 Å². The monoisotopic (exact) mass is 343 g/mol. The van der Waals surface area contributed by atoms with Crippen molar-refractivity contribution in [2.75, 3.05) is 33.0 Å². The number of carbonyl (C=O) groups excluding carboxylic acids is 2. The average Bonchev–Trinajstić information content (AvgIpc) is 2.52. The highest BCUT2D eigenvalue weighted by atomic mass is 32.2. The van der Waals surface area contributed by atoms with Gasteiger partial charge in [-0.1, -0.05) is 6.07 Å². The Hall–Kier alpha value is -1.97. The molecule has 9 heteroatoms. The highest BCUT2D eigenvalue weighted by Gasteiger charge is 2.20. The van der Waals surface area contributed by atoms with Gasteiger partial charge in [0.05, 0.1) is 4.90 Å². The van der Waals surface area contributed by atoms with Crippen LogP contribution in [0.3, 0.4) is 0 Å². The summed E-state index contributed by atoms with van der Waals surface area (Å²) in [4.78, 5) is 23.3. The van der Waals surface area contributed by atoms with Crippen molar-refractivity contribution >= 4 is 27.5 Å². The molecule has 1 aromatic carbocycles. The molecule has 0 saturated heterocycles. The number of nitrogens with two attached hydrogens (primary N) is 1. The maximum Gasteiger partial charge on any atom is 0.282 e. The number of hydrogen-bond acceptors (Lipinski definition) is 4. The Morgan fingerprint density at radius 3 is 2.52 bits per heavy atom. The molecule has 0 spiro atoms. The maximum absolute atomic E-state index is 12.1. The normalized spacial score (nSPS) is 12.7. The maximum atomic E-state index is 12.1. The largest absolute Gasteiger partial charge is 0.354 e. The van der Waals surface area contributed by atoms with E-state index in [0.29, 0.717) is 5.69 Å². The minimum absolute atomic E-state index is 0.0993. The van der Waals surface area contributed by atoms with Gasteiger partial charge in [-0.3, -0.25) is 9.59 Å². The number of carbonyl (C=O) groups is 2. The summed E-state index contributed by atoms with van der Waals surface area (Å²) in [5.74, 6) is -0.489. The first-order valence-corrected chi connectivity index (χ1v) is 8.50. The number of rotatable bonds is 7. The molecule has 0 aromatic heterocycles. The number of anilines is 1. The molecule has 0 unspecified atom stereocenters. The van der Waals surface area contributed by atoms with Gasteiger partial charge in [0.2, 0.25) is 10.0 Å². The summed E-state index contributed by atoms with van der Waals surface area (Å²) in [6, 6.07) is 5.55. The fourth-order valence-electron chi connectivity index (χ4n) is 1.69. The van der Waals surface area contributed by atoms with Gasteiger partial charge in [-0.25, -0.2) is 12.7 Å². The molecule has 23 heavy (non-hydrogen) atoms. The molecule has 0 aliphatic rings. The molecule has 0 saturated carbocycles. The Morgan fingerprint density at radius 2 is 1.96 bits per heavy atom. The van der Waals surface area contributed by atoms with E-state index in [1.165, 1.54) is 33.3 Å². The van der Waals surface area contributed by atoms with Gasteiger partial charge < -0.3 is 16.0 Å². The van der Waals surface area contributed by atoms with Crippen molar-refractivity contribution in [1.29, 1.82) is 0 Å². The molecule has 0 heterocycles. The van der Waals surface area contributed by atoms with Crippen LogP contribution in [0.25, 0.3) is 0 Å². The average molecular weight is 343 g/mol. The van der Waals surface area contributed by atoms with E-state index in [0.717, 1.165) is 4.31 Å². The predicted molar refractivity (Wildman–Crippen MR) is 86.3 cm³/mol. The number of hydrogen-bond donors (Lipinski definition) is 3. The van der Waals surface area contributed by atoms with Gasteiger partial charge in [-0.05, 0) is 25.1 Å². The highest BCUT2D eigenvalue weighted by molar-refractivity contribution is 7.89. The fraction of sp³-hybridized carbons (Fsp3) is 0.429. The molecule has 1 rings (SSSR count). The zero-order valence-corrected chi connectivity index (χ0v) is 14.5. The van der Waals surface area contributed by atoms with Gasteiger partial charge in [0.1, 0.15) is 0 Å². The van der Waals surface area contributed by atoms with E-state index < -0.39 is 16.1 Å². The number of nitrogens with one attached hydrogen (secondary N) is 2. The van der Waals surface area contributed by atoms with E-state index in [2.05, 4.69) is 10.6 Å². The third kappa shape index (κ3) is 5.31. The summed E-state index contributed by atoms with van der Waals surface area (Å²) in [6.45, 7) is 1.80. The van der Waals surface area contributed by atoms with Gasteiger partial charge >= 0.3 is 0 Å². The number of sulfonamides is 1. The summed E-state index contributed by atoms with van der Waals surface area (Å²) < 4.78 is 25.3. The summed E-state index contributed by atoms with van der Waals surface area (Å²) >= 11 is 0. The lowest BCUT2D eigenvalue weighted by Crippen LogP contribution is -2.93. The van der Waals surface area contributed by atoms with E-state index >= 15 is 0 Å². The van der Waals surface area contributed by atoms with Crippen LogP contribution >= 0.6 is 0 Å². The van der Waals surface area contributed by atoms with E-state index in [-0.39, 0.29) is 23.3 Å². The van der Waals surface area contributed by atoms with Crippen molar-refractivity contribution in [3.05, 3.63) is 24.3 Å². The quantitative estimate of drug-likeness (QED) is 0.564. The number of nitrogens with zero attached hydrogens (tertiary/aromatic N) is 1.